The van der Waals surface area contributed by atoms with Gasteiger partial charge in [0, 0.05) is 19.1 Å². The van der Waals surface area contributed by atoms with E-state index in [1.807, 2.05) is 26.4 Å². The summed E-state index contributed by atoms with van der Waals surface area (Å²) in [5.41, 5.74) is 0. The van der Waals surface area contributed by atoms with Gasteiger partial charge in [-0.2, -0.15) is 0 Å². The van der Waals surface area contributed by atoms with Crippen LogP contribution in [-0.2, 0) is 4.74 Å². The Morgan fingerprint density at radius 1 is 1.24 bits per heavy atom. The second kappa shape index (κ2) is 9.47. The van der Waals surface area contributed by atoms with Gasteiger partial charge in [0.25, 0.3) is 6.02 Å². The van der Waals surface area contributed by atoms with Crippen LogP contribution in [0, 0.1) is 5.41 Å². The van der Waals surface area contributed by atoms with Crippen LogP contribution in [0.15, 0.2) is 0 Å². The standard InChI is InChI=1S/C10H21N3O2S2/c1-5-7-12(9(11)15-8-6-2)10(14)13(16-3)17-4/h11H,5-8H2,1-4H3. The fourth-order valence-corrected chi connectivity index (χ4v) is 2.22. The van der Waals surface area contributed by atoms with Crippen LogP contribution in [-0.4, -0.2) is 46.3 Å². The number of ether oxygens (including phenoxy) is 1. The molecule has 1 N–H and O–H groups in total. The molecule has 0 heterocycles. The highest BCUT2D eigenvalue weighted by atomic mass is 32.2. The molecule has 0 aromatic rings. The quantitative estimate of drug-likeness (QED) is 0.461. The van der Waals surface area contributed by atoms with Crippen molar-refractivity contribution < 1.29 is 9.53 Å². The van der Waals surface area contributed by atoms with Crippen molar-refractivity contribution in [3.63, 3.8) is 0 Å². The van der Waals surface area contributed by atoms with Crippen LogP contribution in [0.25, 0.3) is 0 Å². The Morgan fingerprint density at radius 3 is 2.24 bits per heavy atom. The van der Waals surface area contributed by atoms with Crippen LogP contribution in [0.4, 0.5) is 4.79 Å². The van der Waals surface area contributed by atoms with Crippen molar-refractivity contribution in [2.24, 2.45) is 0 Å². The third-order valence-corrected chi connectivity index (χ3v) is 3.72. The van der Waals surface area contributed by atoms with Crippen LogP contribution in [0.3, 0.4) is 0 Å². The third kappa shape index (κ3) is 5.54. The van der Waals surface area contributed by atoms with E-state index in [-0.39, 0.29) is 12.1 Å². The molecule has 17 heavy (non-hydrogen) atoms. The van der Waals surface area contributed by atoms with Crippen molar-refractivity contribution in [3.8, 4) is 0 Å². The fraction of sp³-hybridized carbons (Fsp3) is 0.800. The van der Waals surface area contributed by atoms with Crippen LogP contribution < -0.4 is 0 Å². The first-order chi connectivity index (χ1) is 8.12. The second-order valence-electron chi connectivity index (χ2n) is 3.21. The van der Waals surface area contributed by atoms with Gasteiger partial charge in [-0.15, -0.1) is 0 Å². The molecule has 0 aliphatic heterocycles. The minimum absolute atomic E-state index is 0.0631. The smallest absolute Gasteiger partial charge is 0.348 e. The first-order valence-electron chi connectivity index (χ1n) is 5.53. The molecular formula is C10H21N3O2S2. The topological polar surface area (TPSA) is 56.6 Å². The molecule has 2 amide bonds. The molecule has 7 heteroatoms. The minimum Gasteiger partial charge on any atom is -0.465 e. The number of hydrogen-bond acceptors (Lipinski definition) is 5. The van der Waals surface area contributed by atoms with Crippen molar-refractivity contribution in [2.75, 3.05) is 25.7 Å². The maximum Gasteiger partial charge on any atom is 0.348 e. The molecule has 0 saturated heterocycles. The van der Waals surface area contributed by atoms with E-state index in [1.54, 1.807) is 0 Å². The van der Waals surface area contributed by atoms with Crippen molar-refractivity contribution in [1.29, 1.82) is 5.41 Å². The lowest BCUT2D eigenvalue weighted by molar-refractivity contribution is 0.194. The zero-order valence-corrected chi connectivity index (χ0v) is 12.5. The van der Waals surface area contributed by atoms with Gasteiger partial charge < -0.3 is 4.74 Å². The number of carbonyl (C=O) groups excluding carboxylic acids is 1. The number of rotatable bonds is 6. The summed E-state index contributed by atoms with van der Waals surface area (Å²) in [7, 11) is 0. The largest absolute Gasteiger partial charge is 0.465 e. The van der Waals surface area contributed by atoms with Gasteiger partial charge in [-0.1, -0.05) is 13.8 Å². The summed E-state index contributed by atoms with van der Waals surface area (Å²) in [6, 6.07) is -0.278. The van der Waals surface area contributed by atoms with Crippen molar-refractivity contribution >= 4 is 35.9 Å². The number of nitrogens with zero attached hydrogens (tertiary/aromatic N) is 2. The average molecular weight is 279 g/mol. The summed E-state index contributed by atoms with van der Waals surface area (Å²) in [6.45, 7) is 4.90. The fourth-order valence-electron chi connectivity index (χ4n) is 1.11. The number of nitrogens with one attached hydrogen (secondary N) is 1. The normalized spacial score (nSPS) is 9.88. The Kier molecular flexibility index (Phi) is 9.16. The average Bonchev–Trinajstić information content (AvgIpc) is 2.34. The maximum absolute atomic E-state index is 12.1. The Morgan fingerprint density at radius 2 is 1.82 bits per heavy atom. The van der Waals surface area contributed by atoms with Gasteiger partial charge in [0.05, 0.1) is 6.61 Å². The van der Waals surface area contributed by atoms with E-state index in [2.05, 4.69) is 0 Å². The lowest BCUT2D eigenvalue weighted by atomic mass is 10.4. The second-order valence-corrected chi connectivity index (χ2v) is 4.90. The molecule has 0 rings (SSSR count). The lowest BCUT2D eigenvalue weighted by Gasteiger charge is -2.26. The summed E-state index contributed by atoms with van der Waals surface area (Å²) in [4.78, 5) is 13.5. The van der Waals surface area contributed by atoms with Crippen molar-refractivity contribution in [3.05, 3.63) is 0 Å². The zero-order valence-electron chi connectivity index (χ0n) is 10.9. The molecule has 0 aromatic carbocycles. The van der Waals surface area contributed by atoms with Gasteiger partial charge in [-0.05, 0) is 36.7 Å². The van der Waals surface area contributed by atoms with E-state index in [0.717, 1.165) is 12.8 Å². The monoisotopic (exact) mass is 279 g/mol. The molecule has 0 aromatic heterocycles. The molecule has 0 radical (unpaired) electrons. The highest BCUT2D eigenvalue weighted by molar-refractivity contribution is 8.12. The highest BCUT2D eigenvalue weighted by Crippen LogP contribution is 2.19. The minimum atomic E-state index is -0.215. The zero-order chi connectivity index (χ0) is 13.3. The van der Waals surface area contributed by atoms with Crippen LogP contribution >= 0.6 is 23.9 Å². The van der Waals surface area contributed by atoms with E-state index < -0.39 is 0 Å². The molecule has 0 fully saturated rings. The van der Waals surface area contributed by atoms with Gasteiger partial charge in [-0.25, -0.2) is 13.4 Å². The Balaban J connectivity index is 4.59. The molecule has 5 nitrogen and oxygen atoms in total. The summed E-state index contributed by atoms with van der Waals surface area (Å²) in [6.07, 6.45) is 5.27. The van der Waals surface area contributed by atoms with Crippen LogP contribution in [0.2, 0.25) is 0 Å². The van der Waals surface area contributed by atoms with E-state index in [0.29, 0.717) is 13.2 Å². The molecular weight excluding hydrogens is 258 g/mol. The maximum atomic E-state index is 12.1. The molecule has 0 bridgehead atoms. The Labute approximate surface area is 112 Å². The van der Waals surface area contributed by atoms with Gasteiger partial charge in [0.1, 0.15) is 0 Å². The van der Waals surface area contributed by atoms with Crippen LogP contribution in [0.1, 0.15) is 26.7 Å². The molecule has 100 valence electrons. The summed E-state index contributed by atoms with van der Waals surface area (Å²) < 4.78 is 6.74. The number of amides is 2. The predicted molar refractivity (Wildman–Crippen MR) is 75.2 cm³/mol. The lowest BCUT2D eigenvalue weighted by Crippen LogP contribution is -2.42. The number of amidine groups is 1. The van der Waals surface area contributed by atoms with E-state index in [9.17, 15) is 4.79 Å². The summed E-state index contributed by atoms with van der Waals surface area (Å²) >= 11 is 2.65. The van der Waals surface area contributed by atoms with Gasteiger partial charge in [0.15, 0.2) is 0 Å². The van der Waals surface area contributed by atoms with Crippen molar-refractivity contribution in [1.82, 2.24) is 8.61 Å². The van der Waals surface area contributed by atoms with E-state index in [4.69, 9.17) is 10.1 Å². The number of hydrogen-bond donors (Lipinski definition) is 1. The Bertz CT molecular complexity index is 248. The van der Waals surface area contributed by atoms with Gasteiger partial charge >= 0.3 is 6.03 Å². The molecule has 0 atom stereocenters. The van der Waals surface area contributed by atoms with E-state index >= 15 is 0 Å². The number of urea groups is 1. The molecule has 0 saturated carbocycles. The SMILES string of the molecule is CCCOC(=N)N(CCC)C(=O)N(SC)SC. The molecule has 0 aliphatic carbocycles. The molecule has 0 unspecified atom stereocenters. The van der Waals surface area contributed by atoms with E-state index in [1.165, 1.54) is 32.5 Å². The number of carbonyl (C=O) groups is 1. The van der Waals surface area contributed by atoms with Gasteiger partial charge in [-0.3, -0.25) is 5.41 Å². The molecule has 0 aliphatic rings. The van der Waals surface area contributed by atoms with Crippen LogP contribution in [0.5, 0.6) is 0 Å². The van der Waals surface area contributed by atoms with Gasteiger partial charge in [0.2, 0.25) is 0 Å². The first-order valence-corrected chi connectivity index (χ1v) is 7.89. The summed E-state index contributed by atoms with van der Waals surface area (Å²) in [5.74, 6) is 0. The summed E-state index contributed by atoms with van der Waals surface area (Å²) in [5, 5.41) is 7.76. The third-order valence-electron chi connectivity index (χ3n) is 1.85. The predicted octanol–water partition coefficient (Wildman–Crippen LogP) is 3.04. The highest BCUT2D eigenvalue weighted by Gasteiger charge is 2.24. The Hall–Kier alpha value is -0.560. The first kappa shape index (κ1) is 16.4. The molecule has 0 spiro atoms. The van der Waals surface area contributed by atoms with Crippen molar-refractivity contribution in [2.45, 2.75) is 26.7 Å².